The number of carbonyl (C=O) groups excluding carboxylic acids is 2. The molecule has 0 saturated heterocycles. The number of imidazole rings is 1. The lowest BCUT2D eigenvalue weighted by atomic mass is 10.1. The lowest BCUT2D eigenvalue weighted by molar-refractivity contribution is -0.144. The summed E-state index contributed by atoms with van der Waals surface area (Å²) in [5, 5.41) is 11.7. The summed E-state index contributed by atoms with van der Waals surface area (Å²) in [6, 6.07) is 8.00. The summed E-state index contributed by atoms with van der Waals surface area (Å²) in [4.78, 5) is 41.7. The molecule has 2 amide bonds. The summed E-state index contributed by atoms with van der Waals surface area (Å²) in [6.45, 7) is 1.37. The quantitative estimate of drug-likeness (QED) is 0.387. The first-order valence-electron chi connectivity index (χ1n) is 9.26. The van der Waals surface area contributed by atoms with E-state index in [9.17, 15) is 14.4 Å². The zero-order chi connectivity index (χ0) is 21.9. The number of rotatable bonds is 10. The molecule has 0 radical (unpaired) electrons. The van der Waals surface area contributed by atoms with Crippen molar-refractivity contribution in [3.05, 3.63) is 66.3 Å². The predicted octanol–water partition coefficient (Wildman–Crippen LogP) is 0.924. The molecular weight excluding hydrogens is 390 g/mol. The van der Waals surface area contributed by atoms with Gasteiger partial charge in [0.2, 0.25) is 5.91 Å². The monoisotopic (exact) mass is 415 g/mol. The van der Waals surface area contributed by atoms with Crippen LogP contribution < -0.4 is 11.2 Å². The van der Waals surface area contributed by atoms with Gasteiger partial charge in [0, 0.05) is 19.2 Å². The Bertz CT molecular complexity index is 881. The van der Waals surface area contributed by atoms with Crippen LogP contribution in [0.1, 0.15) is 18.2 Å². The molecule has 30 heavy (non-hydrogen) atoms. The summed E-state index contributed by atoms with van der Waals surface area (Å²) in [7, 11) is 0. The van der Waals surface area contributed by atoms with Crippen LogP contribution in [0.15, 0.2) is 55.0 Å². The number of amides is 2. The number of nitrogens with zero attached hydrogens (tertiary/aromatic N) is 3. The molecule has 0 aliphatic heterocycles. The average Bonchev–Trinajstić information content (AvgIpc) is 3.13. The highest BCUT2D eigenvalue weighted by Crippen LogP contribution is 2.07. The number of aromatic nitrogens is 2. The van der Waals surface area contributed by atoms with Gasteiger partial charge >= 0.3 is 12.1 Å². The molecule has 1 aromatic heterocycles. The Morgan fingerprint density at radius 1 is 1.33 bits per heavy atom. The standard InChI is InChI=1S/C20H25N5O5/c1-2-3-9-24(12-18(26)27)19(28)17(10-16-11-25(21)14-22-16)23-20(29)30-13-15-7-5-4-6-8-15/h2-8,11,14,17H,9-10,12-13,21H2,1H3,(H,23,29)(H,26,27)/b3-2+/t17-/m0/s1. The fourth-order valence-corrected chi connectivity index (χ4v) is 2.65. The van der Waals surface area contributed by atoms with Gasteiger partial charge in [-0.3, -0.25) is 14.3 Å². The third-order valence-corrected chi connectivity index (χ3v) is 4.07. The summed E-state index contributed by atoms with van der Waals surface area (Å²) >= 11 is 0. The number of carboxylic acid groups (broad SMARTS) is 1. The van der Waals surface area contributed by atoms with Gasteiger partial charge < -0.3 is 25.9 Å². The molecule has 0 aliphatic carbocycles. The number of nitrogens with one attached hydrogen (secondary N) is 1. The second-order valence-corrected chi connectivity index (χ2v) is 6.46. The molecule has 0 aliphatic rings. The van der Waals surface area contributed by atoms with E-state index in [2.05, 4.69) is 10.3 Å². The third-order valence-electron chi connectivity index (χ3n) is 4.07. The number of nitrogens with two attached hydrogens (primary N) is 1. The fourth-order valence-electron chi connectivity index (χ4n) is 2.65. The maximum Gasteiger partial charge on any atom is 0.408 e. The Balaban J connectivity index is 2.12. The number of carbonyl (C=O) groups is 3. The van der Waals surface area contributed by atoms with Crippen LogP contribution in [0.5, 0.6) is 0 Å². The number of benzene rings is 1. The van der Waals surface area contributed by atoms with E-state index in [0.717, 1.165) is 10.5 Å². The Kier molecular flexibility index (Phi) is 8.42. The number of nitrogen functional groups attached to an aromatic ring is 1. The van der Waals surface area contributed by atoms with Crippen LogP contribution >= 0.6 is 0 Å². The molecule has 1 heterocycles. The fraction of sp³-hybridized carbons (Fsp3) is 0.300. The maximum atomic E-state index is 13.0. The van der Waals surface area contributed by atoms with Crippen LogP contribution in [0.25, 0.3) is 0 Å². The molecule has 0 bridgehead atoms. The number of hydrogen-bond donors (Lipinski definition) is 3. The summed E-state index contributed by atoms with van der Waals surface area (Å²) in [6.07, 6.45) is 5.44. The molecule has 10 nitrogen and oxygen atoms in total. The average molecular weight is 415 g/mol. The second kappa shape index (κ2) is 11.2. The van der Waals surface area contributed by atoms with Gasteiger partial charge in [-0.1, -0.05) is 42.5 Å². The van der Waals surface area contributed by atoms with E-state index >= 15 is 0 Å². The number of carboxylic acids is 1. The van der Waals surface area contributed by atoms with Crippen LogP contribution in [0.3, 0.4) is 0 Å². The normalized spacial score (nSPS) is 11.8. The van der Waals surface area contributed by atoms with Gasteiger partial charge in [0.1, 0.15) is 25.5 Å². The molecule has 2 rings (SSSR count). The van der Waals surface area contributed by atoms with E-state index in [4.69, 9.17) is 15.7 Å². The highest BCUT2D eigenvalue weighted by Gasteiger charge is 2.28. The van der Waals surface area contributed by atoms with Crippen LogP contribution in [0.4, 0.5) is 4.79 Å². The van der Waals surface area contributed by atoms with Gasteiger partial charge in [-0.2, -0.15) is 0 Å². The Labute approximate surface area is 173 Å². The zero-order valence-electron chi connectivity index (χ0n) is 16.6. The number of hydrogen-bond acceptors (Lipinski definition) is 6. The van der Waals surface area contributed by atoms with E-state index in [1.54, 1.807) is 31.2 Å². The van der Waals surface area contributed by atoms with E-state index in [1.165, 1.54) is 17.2 Å². The van der Waals surface area contributed by atoms with Crippen LogP contribution in [-0.2, 0) is 27.4 Å². The molecule has 10 heteroatoms. The van der Waals surface area contributed by atoms with Crippen LogP contribution in [0, 0.1) is 0 Å². The molecule has 4 N–H and O–H groups in total. The van der Waals surface area contributed by atoms with Crippen molar-refractivity contribution >= 4 is 18.0 Å². The summed E-state index contributed by atoms with van der Waals surface area (Å²) < 4.78 is 6.41. The Morgan fingerprint density at radius 3 is 2.67 bits per heavy atom. The third kappa shape index (κ3) is 7.30. The minimum atomic E-state index is -1.16. The first kappa shape index (κ1) is 22.5. The first-order valence-corrected chi connectivity index (χ1v) is 9.26. The Hall–Kier alpha value is -3.82. The molecule has 2 aromatic rings. The van der Waals surface area contributed by atoms with Crippen molar-refractivity contribution in [3.8, 4) is 0 Å². The van der Waals surface area contributed by atoms with Crippen molar-refractivity contribution in [3.63, 3.8) is 0 Å². The zero-order valence-corrected chi connectivity index (χ0v) is 16.6. The summed E-state index contributed by atoms with van der Waals surface area (Å²) in [5.41, 5.74) is 1.25. The van der Waals surface area contributed by atoms with Crippen molar-refractivity contribution in [1.29, 1.82) is 0 Å². The number of ether oxygens (including phenoxy) is 1. The van der Waals surface area contributed by atoms with Gasteiger partial charge in [-0.25, -0.2) is 9.78 Å². The first-order chi connectivity index (χ1) is 14.4. The minimum absolute atomic E-state index is 0.0232. The molecule has 0 unspecified atom stereocenters. The molecule has 0 saturated carbocycles. The topological polar surface area (TPSA) is 140 Å². The van der Waals surface area contributed by atoms with Crippen molar-refractivity contribution in [2.24, 2.45) is 0 Å². The Morgan fingerprint density at radius 2 is 2.07 bits per heavy atom. The minimum Gasteiger partial charge on any atom is -0.480 e. The van der Waals surface area contributed by atoms with Gasteiger partial charge in [-0.15, -0.1) is 0 Å². The van der Waals surface area contributed by atoms with Crippen LogP contribution in [0.2, 0.25) is 0 Å². The van der Waals surface area contributed by atoms with Crippen molar-refractivity contribution in [2.75, 3.05) is 18.9 Å². The predicted molar refractivity (Wildman–Crippen MR) is 109 cm³/mol. The lowest BCUT2D eigenvalue weighted by Crippen LogP contribution is -2.51. The van der Waals surface area contributed by atoms with E-state index < -0.39 is 30.6 Å². The van der Waals surface area contributed by atoms with Crippen LogP contribution in [-0.4, -0.2) is 56.8 Å². The van der Waals surface area contributed by atoms with Crippen molar-refractivity contribution in [1.82, 2.24) is 19.9 Å². The maximum absolute atomic E-state index is 13.0. The van der Waals surface area contributed by atoms with Gasteiger partial charge in [0.15, 0.2) is 0 Å². The highest BCUT2D eigenvalue weighted by molar-refractivity contribution is 5.88. The second-order valence-electron chi connectivity index (χ2n) is 6.46. The van der Waals surface area contributed by atoms with Crippen molar-refractivity contribution < 1.29 is 24.2 Å². The largest absolute Gasteiger partial charge is 0.480 e. The molecule has 160 valence electrons. The number of aliphatic carboxylic acids is 1. The van der Waals surface area contributed by atoms with Crippen molar-refractivity contribution in [2.45, 2.75) is 26.0 Å². The van der Waals surface area contributed by atoms with E-state index in [1.807, 2.05) is 18.2 Å². The molecule has 1 aromatic carbocycles. The molecular formula is C20H25N5O5. The smallest absolute Gasteiger partial charge is 0.408 e. The van der Waals surface area contributed by atoms with E-state index in [0.29, 0.717) is 5.69 Å². The van der Waals surface area contributed by atoms with Gasteiger partial charge in [-0.05, 0) is 12.5 Å². The molecule has 0 spiro atoms. The highest BCUT2D eigenvalue weighted by atomic mass is 16.5. The SMILES string of the molecule is C/C=C/CN(CC(=O)O)C(=O)[C@H](Cc1cn(N)cn1)NC(=O)OCc1ccccc1. The summed E-state index contributed by atoms with van der Waals surface area (Å²) in [5.74, 6) is 3.86. The molecule has 0 fully saturated rings. The van der Waals surface area contributed by atoms with Gasteiger partial charge in [0.05, 0.1) is 5.69 Å². The number of alkyl carbamates (subject to hydrolysis) is 1. The lowest BCUT2D eigenvalue weighted by Gasteiger charge is -2.25. The van der Waals surface area contributed by atoms with Gasteiger partial charge in [0.25, 0.3) is 0 Å². The number of allylic oxidation sites excluding steroid dienone is 1. The van der Waals surface area contributed by atoms with E-state index in [-0.39, 0.29) is 19.6 Å². The molecule has 1 atom stereocenters.